The van der Waals surface area contributed by atoms with Crippen LogP contribution in [0, 0.1) is 0 Å². The fourth-order valence-corrected chi connectivity index (χ4v) is 18.1. The van der Waals surface area contributed by atoms with Gasteiger partial charge in [-0.1, -0.05) is 47.0 Å². The number of aromatic nitrogens is 4. The molecule has 0 unspecified atom stereocenters. The van der Waals surface area contributed by atoms with Crippen molar-refractivity contribution in [2.45, 2.75) is 204 Å². The summed E-state index contributed by atoms with van der Waals surface area (Å²) in [5.74, 6) is 0.837. The van der Waals surface area contributed by atoms with E-state index in [0.29, 0.717) is 25.0 Å². The number of esters is 2. The molecule has 20 heteroatoms. The van der Waals surface area contributed by atoms with Crippen molar-refractivity contribution in [3.63, 3.8) is 0 Å². The van der Waals surface area contributed by atoms with Gasteiger partial charge in [0.05, 0.1) is 35.3 Å². The second kappa shape index (κ2) is 28.7. The molecule has 92 heavy (non-hydrogen) atoms. The van der Waals surface area contributed by atoms with Crippen LogP contribution in [-0.4, -0.2) is 103 Å². The van der Waals surface area contributed by atoms with Gasteiger partial charge in [-0.15, -0.1) is 47.0 Å². The standard InChI is InChI=1S/C19H21NO2S.2C17H17NO2S.C16H16BrNO2S.C3H7BO2/c1-2-22-18(21)19(9-3-10-19)23-17-8-11-20-16-7-6-14(12-15(16)17)13-4-5-13;2*19-16(20)17(7-1-8-17)21-15-6-9-18-14-5-4-12(10-13(14)15)11-2-3-11;1-2-20-15(19)16(7-3-8-16)21-14-6-9-18-13-5-4-11(17)10-12(13)14;5-4(6)3-1-2-3/h6-8,11-13H,2-5,9-10H2,1H3;2*4-6,9-11H,1-3,7-8H2,(H,19,20);4-6,9-10H,2-3,7-8H2,1H3;3,5-6H,1-2H2. The SMILES string of the molecule is CCOC(=O)C1(Sc2ccnc3ccc(Br)cc23)CCC1.CCOC(=O)C1(Sc2ccnc3ccc(C4CC4)cc23)CCC1.O=C(O)C1(Sc2ccnc3ccc(C4CC4)cc23)CCC1.O=C(O)C1(Sc2ccnc3ccc(C4CC4)cc23)CCC1.OB(O)C1CC1. The van der Waals surface area contributed by atoms with Crippen LogP contribution in [0.25, 0.3) is 43.6 Å². The van der Waals surface area contributed by atoms with Crippen LogP contribution in [0.4, 0.5) is 0 Å². The van der Waals surface area contributed by atoms with Gasteiger partial charge in [0.2, 0.25) is 0 Å². The maximum atomic E-state index is 12.4. The third-order valence-electron chi connectivity index (χ3n) is 19.0. The van der Waals surface area contributed by atoms with Gasteiger partial charge in [-0.25, -0.2) is 0 Å². The highest BCUT2D eigenvalue weighted by Gasteiger charge is 2.49. The number of pyridine rings is 4. The number of aliphatic carboxylic acids is 2. The van der Waals surface area contributed by atoms with Crippen LogP contribution in [0.2, 0.25) is 5.82 Å². The lowest BCUT2D eigenvalue weighted by Gasteiger charge is -2.38. The summed E-state index contributed by atoms with van der Waals surface area (Å²) in [4.78, 5) is 70.0. The van der Waals surface area contributed by atoms with Gasteiger partial charge < -0.3 is 29.7 Å². The second-order valence-corrected chi connectivity index (χ2v) is 32.3. The number of nitrogens with zero attached hydrogens (tertiary/aromatic N) is 4. The van der Waals surface area contributed by atoms with Crippen molar-refractivity contribution in [3.8, 4) is 0 Å². The highest BCUT2D eigenvalue weighted by molar-refractivity contribution is 9.10. The van der Waals surface area contributed by atoms with Crippen molar-refractivity contribution in [3.05, 3.63) is 143 Å². The fraction of sp³-hybridized carbons (Fsp3) is 0.444. The summed E-state index contributed by atoms with van der Waals surface area (Å²) in [6.45, 7) is 4.61. The van der Waals surface area contributed by atoms with Gasteiger partial charge in [0.25, 0.3) is 0 Å². The molecule has 0 bridgehead atoms. The van der Waals surface area contributed by atoms with Crippen LogP contribution < -0.4 is 0 Å². The van der Waals surface area contributed by atoms with Crippen LogP contribution in [0.3, 0.4) is 0 Å². The Labute approximate surface area is 563 Å². The molecule has 8 aliphatic carbocycles. The van der Waals surface area contributed by atoms with Crippen LogP contribution in [0.5, 0.6) is 0 Å². The predicted octanol–water partition coefficient (Wildman–Crippen LogP) is 17.3. The average Bonchev–Trinajstić information content (AvgIpc) is 1.12. The number of rotatable bonds is 18. The van der Waals surface area contributed by atoms with Crippen molar-refractivity contribution in [1.82, 2.24) is 19.9 Å². The van der Waals surface area contributed by atoms with Crippen molar-refractivity contribution in [2.75, 3.05) is 13.2 Å². The van der Waals surface area contributed by atoms with E-state index in [1.165, 1.54) is 84.1 Å². The summed E-state index contributed by atoms with van der Waals surface area (Å²) >= 11 is 9.85. The largest absolute Gasteiger partial charge is 0.480 e. The van der Waals surface area contributed by atoms with Crippen molar-refractivity contribution < 1.29 is 48.9 Å². The number of carbonyl (C=O) groups is 4. The average molecular weight is 1380 g/mol. The molecule has 0 aliphatic heterocycles. The molecule has 4 N–H and O–H groups in total. The molecule has 8 saturated carbocycles. The third kappa shape index (κ3) is 15.2. The molecule has 8 aromatic rings. The molecule has 0 atom stereocenters. The molecule has 0 amide bonds. The van der Waals surface area contributed by atoms with Gasteiger partial charge in [0.15, 0.2) is 0 Å². The van der Waals surface area contributed by atoms with E-state index in [2.05, 4.69) is 96.5 Å². The number of carbonyl (C=O) groups excluding carboxylic acids is 2. The Bertz CT molecular complexity index is 3910. The molecule has 0 saturated heterocycles. The minimum atomic E-state index is -1.04. The van der Waals surface area contributed by atoms with E-state index in [9.17, 15) is 29.4 Å². The molecule has 4 heterocycles. The summed E-state index contributed by atoms with van der Waals surface area (Å²) in [5.41, 5.74) is 8.03. The molecule has 8 aliphatic rings. The maximum absolute atomic E-state index is 12.4. The quantitative estimate of drug-likeness (QED) is 0.0463. The molecule has 0 radical (unpaired) electrons. The lowest BCUT2D eigenvalue weighted by Crippen LogP contribution is -2.43. The summed E-state index contributed by atoms with van der Waals surface area (Å²) in [7, 11) is -1.04. The van der Waals surface area contributed by atoms with E-state index in [4.69, 9.17) is 19.5 Å². The predicted molar refractivity (Wildman–Crippen MR) is 372 cm³/mol. The number of fused-ring (bicyclic) bond motifs is 4. The zero-order valence-corrected chi connectivity index (χ0v) is 56.9. The molecule has 8 fully saturated rings. The number of benzene rings is 4. The topological polar surface area (TPSA) is 219 Å². The minimum absolute atomic E-state index is 0.0560. The number of hydrogen-bond acceptors (Lipinski definition) is 16. The second-order valence-electron chi connectivity index (χ2n) is 25.7. The zero-order valence-electron chi connectivity index (χ0n) is 52.0. The van der Waals surface area contributed by atoms with Gasteiger partial charge in [-0.3, -0.25) is 39.1 Å². The number of hydrogen-bond donors (Lipinski definition) is 4. The highest BCUT2D eigenvalue weighted by atomic mass is 79.9. The molecule has 14 nitrogen and oxygen atoms in total. The van der Waals surface area contributed by atoms with Crippen molar-refractivity contribution in [1.29, 1.82) is 0 Å². The Morgan fingerprint density at radius 1 is 0.446 bits per heavy atom. The van der Waals surface area contributed by atoms with E-state index < -0.39 is 33.3 Å². The normalized spacial score (nSPS) is 19.2. The van der Waals surface area contributed by atoms with Gasteiger partial charge >= 0.3 is 31.0 Å². The lowest BCUT2D eigenvalue weighted by atomic mass is 9.84. The number of halogens is 1. The first-order chi connectivity index (χ1) is 44.5. The first kappa shape index (κ1) is 66.3. The Balaban J connectivity index is 0.000000115. The minimum Gasteiger partial charge on any atom is -0.480 e. The van der Waals surface area contributed by atoms with E-state index >= 15 is 0 Å². The highest BCUT2D eigenvalue weighted by Crippen LogP contribution is 2.54. The first-order valence-corrected chi connectivity index (χ1v) is 36.7. The maximum Gasteiger partial charge on any atom is 0.454 e. The van der Waals surface area contributed by atoms with Crippen LogP contribution >= 0.6 is 63.0 Å². The Morgan fingerprint density at radius 3 is 0.978 bits per heavy atom. The zero-order chi connectivity index (χ0) is 64.2. The number of ether oxygens (including phenoxy) is 2. The Morgan fingerprint density at radius 2 is 0.739 bits per heavy atom. The number of carboxylic acids is 2. The molecule has 0 spiro atoms. The van der Waals surface area contributed by atoms with E-state index in [0.717, 1.165) is 158 Å². The third-order valence-corrected chi connectivity index (χ3v) is 25.6. The van der Waals surface area contributed by atoms with Crippen molar-refractivity contribution >= 4 is 138 Å². The Hall–Kier alpha value is -5.74. The van der Waals surface area contributed by atoms with E-state index in [1.807, 2.05) is 56.4 Å². The number of thioether (sulfide) groups is 4. The first-order valence-electron chi connectivity index (χ1n) is 32.7. The molecule has 4 aromatic carbocycles. The van der Waals surface area contributed by atoms with Gasteiger partial charge in [-0.2, -0.15) is 0 Å². The molecular formula is C72H78BBrN4O10S4. The molecule has 480 valence electrons. The van der Waals surface area contributed by atoms with E-state index in [-0.39, 0.29) is 22.5 Å². The summed E-state index contributed by atoms with van der Waals surface area (Å²) in [5, 5.41) is 40.0. The Kier molecular flexibility index (Phi) is 20.7. The fourth-order valence-electron chi connectivity index (χ4n) is 12.0. The molecule has 16 rings (SSSR count). The smallest absolute Gasteiger partial charge is 0.454 e. The van der Waals surface area contributed by atoms with Gasteiger partial charge in [0.1, 0.15) is 19.0 Å². The van der Waals surface area contributed by atoms with Crippen LogP contribution in [-0.2, 0) is 28.7 Å². The molecular weight excluding hydrogens is 1300 g/mol. The monoisotopic (exact) mass is 1380 g/mol. The molecule has 4 aromatic heterocycles. The lowest BCUT2D eigenvalue weighted by molar-refractivity contribution is -0.149. The summed E-state index contributed by atoms with van der Waals surface area (Å²) < 4.78 is 9.58. The van der Waals surface area contributed by atoms with Gasteiger partial charge in [-0.05, 0) is 249 Å². The van der Waals surface area contributed by atoms with Crippen molar-refractivity contribution in [2.24, 2.45) is 0 Å². The summed E-state index contributed by atoms with van der Waals surface area (Å²) in [6, 6.07) is 33.5. The van der Waals surface area contributed by atoms with Crippen LogP contribution in [0.15, 0.2) is 146 Å². The van der Waals surface area contributed by atoms with E-state index in [1.54, 1.807) is 42.1 Å². The number of carboxylic acid groups (broad SMARTS) is 2. The van der Waals surface area contributed by atoms with Crippen LogP contribution in [0.1, 0.15) is 177 Å². The van der Waals surface area contributed by atoms with Gasteiger partial charge in [0, 0.05) is 70.4 Å². The summed E-state index contributed by atoms with van der Waals surface area (Å²) in [6.07, 6.45) is 27.7.